The molecule has 1 spiro atoms. The van der Waals surface area contributed by atoms with Crippen LogP contribution in [0.4, 0.5) is 4.79 Å². The number of carboxylic acids is 1. The number of amides is 1. The van der Waals surface area contributed by atoms with Crippen molar-refractivity contribution in [2.45, 2.75) is 70.9 Å². The lowest BCUT2D eigenvalue weighted by molar-refractivity contribution is -0.145. The van der Waals surface area contributed by atoms with Crippen molar-refractivity contribution in [1.29, 1.82) is 0 Å². The number of hydrogen-bond acceptors (Lipinski definition) is 4. The molecule has 3 fully saturated rings. The van der Waals surface area contributed by atoms with Crippen molar-refractivity contribution >= 4 is 12.1 Å². The Bertz CT molecular complexity index is 524. The van der Waals surface area contributed by atoms with Crippen molar-refractivity contribution in [3.63, 3.8) is 0 Å². The molecule has 6 heteroatoms. The topological polar surface area (TPSA) is 70.1 Å². The number of aliphatic carboxylic acids is 1. The van der Waals surface area contributed by atoms with Crippen molar-refractivity contribution < 1.29 is 19.4 Å². The van der Waals surface area contributed by atoms with E-state index in [1.165, 1.54) is 0 Å². The maximum absolute atomic E-state index is 12.3. The van der Waals surface area contributed by atoms with Gasteiger partial charge in [-0.15, -0.1) is 0 Å². The van der Waals surface area contributed by atoms with Crippen LogP contribution in [0.25, 0.3) is 0 Å². The summed E-state index contributed by atoms with van der Waals surface area (Å²) in [6.07, 6.45) is 6.05. The first-order chi connectivity index (χ1) is 11.7. The Hall–Kier alpha value is -1.30. The molecule has 0 radical (unpaired) electrons. The van der Waals surface area contributed by atoms with Gasteiger partial charge < -0.3 is 14.7 Å². The van der Waals surface area contributed by atoms with E-state index in [4.69, 9.17) is 4.74 Å². The van der Waals surface area contributed by atoms with Crippen LogP contribution in [0.15, 0.2) is 0 Å². The van der Waals surface area contributed by atoms with E-state index in [9.17, 15) is 14.7 Å². The molecule has 2 atom stereocenters. The van der Waals surface area contributed by atoms with Gasteiger partial charge in [0.05, 0.1) is 0 Å². The first kappa shape index (κ1) is 18.5. The average Bonchev–Trinajstić information content (AvgIpc) is 3.20. The van der Waals surface area contributed by atoms with E-state index < -0.39 is 11.6 Å². The van der Waals surface area contributed by atoms with Crippen molar-refractivity contribution in [2.24, 2.45) is 11.3 Å². The summed E-state index contributed by atoms with van der Waals surface area (Å²) in [5.41, 5.74) is -0.436. The summed E-state index contributed by atoms with van der Waals surface area (Å²) >= 11 is 0. The predicted molar refractivity (Wildman–Crippen MR) is 94.4 cm³/mol. The Morgan fingerprint density at radius 2 is 1.76 bits per heavy atom. The third kappa shape index (κ3) is 4.10. The molecule has 1 aliphatic carbocycles. The SMILES string of the molecule is CC(C)(C)OC(=O)N1CC[C@@]2(CCN([C@H](C(=O)O)C3CCCC3)C2)C1. The van der Waals surface area contributed by atoms with E-state index in [0.717, 1.165) is 51.6 Å². The van der Waals surface area contributed by atoms with Crippen LogP contribution in [-0.2, 0) is 9.53 Å². The smallest absolute Gasteiger partial charge is 0.410 e. The van der Waals surface area contributed by atoms with E-state index in [-0.39, 0.29) is 23.5 Å². The normalized spacial score (nSPS) is 29.5. The minimum Gasteiger partial charge on any atom is -0.480 e. The molecule has 2 heterocycles. The first-order valence-corrected chi connectivity index (χ1v) is 9.64. The second-order valence-corrected chi connectivity index (χ2v) is 9.20. The lowest BCUT2D eigenvalue weighted by atomic mass is 9.86. The predicted octanol–water partition coefficient (Wildman–Crippen LogP) is 2.96. The number of rotatable bonds is 3. The molecule has 0 bridgehead atoms. The van der Waals surface area contributed by atoms with Gasteiger partial charge in [-0.05, 0) is 58.9 Å². The summed E-state index contributed by atoms with van der Waals surface area (Å²) in [6, 6.07) is -0.350. The van der Waals surface area contributed by atoms with E-state index in [2.05, 4.69) is 4.90 Å². The number of carboxylic acid groups (broad SMARTS) is 1. The Morgan fingerprint density at radius 1 is 1.12 bits per heavy atom. The molecule has 0 aromatic carbocycles. The first-order valence-electron chi connectivity index (χ1n) is 9.64. The van der Waals surface area contributed by atoms with Gasteiger partial charge in [0.2, 0.25) is 0 Å². The van der Waals surface area contributed by atoms with E-state index in [0.29, 0.717) is 13.1 Å². The van der Waals surface area contributed by atoms with Crippen molar-refractivity contribution in [3.05, 3.63) is 0 Å². The van der Waals surface area contributed by atoms with Gasteiger partial charge >= 0.3 is 12.1 Å². The monoisotopic (exact) mass is 352 g/mol. The van der Waals surface area contributed by atoms with Gasteiger partial charge in [0.1, 0.15) is 11.6 Å². The summed E-state index contributed by atoms with van der Waals surface area (Å²) in [6.45, 7) is 8.67. The van der Waals surface area contributed by atoms with Crippen molar-refractivity contribution in [2.75, 3.05) is 26.2 Å². The van der Waals surface area contributed by atoms with Crippen molar-refractivity contribution in [3.8, 4) is 0 Å². The number of carbonyl (C=O) groups is 2. The minimum atomic E-state index is -0.675. The summed E-state index contributed by atoms with van der Waals surface area (Å²) in [4.78, 5) is 28.2. The molecule has 1 amide bonds. The summed E-state index contributed by atoms with van der Waals surface area (Å²) in [5.74, 6) is -0.387. The maximum atomic E-state index is 12.3. The lowest BCUT2D eigenvalue weighted by Crippen LogP contribution is -2.45. The number of ether oxygens (including phenoxy) is 1. The van der Waals surface area contributed by atoms with E-state index in [1.54, 1.807) is 4.90 Å². The standard InChI is InChI=1S/C19H32N2O4/c1-18(2,3)25-17(24)21-11-9-19(13-21)8-10-20(12-19)15(16(22)23)14-6-4-5-7-14/h14-15H,4-13H2,1-3H3,(H,22,23)/t15-,19+/m0/s1. The van der Waals surface area contributed by atoms with Crippen LogP contribution in [-0.4, -0.2) is 64.8 Å². The van der Waals surface area contributed by atoms with Crippen LogP contribution in [0.3, 0.4) is 0 Å². The van der Waals surface area contributed by atoms with Crippen molar-refractivity contribution in [1.82, 2.24) is 9.80 Å². The molecule has 3 aliphatic rings. The van der Waals surface area contributed by atoms with Gasteiger partial charge in [-0.25, -0.2) is 4.79 Å². The zero-order valence-corrected chi connectivity index (χ0v) is 15.8. The summed E-state index contributed by atoms with van der Waals surface area (Å²) in [7, 11) is 0. The molecule has 0 unspecified atom stereocenters. The number of carbonyl (C=O) groups excluding carboxylic acids is 1. The Balaban J connectivity index is 1.62. The van der Waals surface area contributed by atoms with E-state index in [1.807, 2.05) is 20.8 Å². The van der Waals surface area contributed by atoms with Gasteiger partial charge in [-0.3, -0.25) is 9.69 Å². The molecule has 25 heavy (non-hydrogen) atoms. The minimum absolute atomic E-state index is 0.0448. The molecule has 0 aromatic rings. The number of hydrogen-bond donors (Lipinski definition) is 1. The van der Waals surface area contributed by atoms with E-state index >= 15 is 0 Å². The third-order valence-electron chi connectivity index (χ3n) is 6.05. The molecular formula is C19H32N2O4. The number of likely N-dealkylation sites (tertiary alicyclic amines) is 2. The fraction of sp³-hybridized carbons (Fsp3) is 0.895. The van der Waals surface area contributed by atoms with Crippen LogP contribution in [0.1, 0.15) is 59.3 Å². The molecular weight excluding hydrogens is 320 g/mol. The van der Waals surface area contributed by atoms with Gasteiger partial charge in [-0.1, -0.05) is 12.8 Å². The highest BCUT2D eigenvalue weighted by atomic mass is 16.6. The Morgan fingerprint density at radius 3 is 2.36 bits per heavy atom. The Kier molecular flexibility index (Phi) is 5.02. The lowest BCUT2D eigenvalue weighted by Gasteiger charge is -2.31. The van der Waals surface area contributed by atoms with Crippen LogP contribution in [0.2, 0.25) is 0 Å². The quantitative estimate of drug-likeness (QED) is 0.845. The molecule has 1 N–H and O–H groups in total. The summed E-state index contributed by atoms with van der Waals surface area (Å²) < 4.78 is 5.50. The zero-order valence-electron chi connectivity index (χ0n) is 15.8. The molecule has 3 rings (SSSR count). The van der Waals surface area contributed by atoms with Gasteiger partial charge in [0, 0.05) is 25.0 Å². The largest absolute Gasteiger partial charge is 0.480 e. The van der Waals surface area contributed by atoms with Crippen LogP contribution in [0.5, 0.6) is 0 Å². The fourth-order valence-electron chi connectivity index (χ4n) is 4.89. The molecule has 0 aromatic heterocycles. The zero-order chi connectivity index (χ0) is 18.2. The highest BCUT2D eigenvalue weighted by Crippen LogP contribution is 2.42. The third-order valence-corrected chi connectivity index (χ3v) is 6.05. The highest BCUT2D eigenvalue weighted by molar-refractivity contribution is 5.74. The summed E-state index contributed by atoms with van der Waals surface area (Å²) in [5, 5.41) is 9.77. The van der Waals surface area contributed by atoms with Crippen LogP contribution < -0.4 is 0 Å². The second kappa shape index (κ2) is 6.78. The Labute approximate surface area is 150 Å². The second-order valence-electron chi connectivity index (χ2n) is 9.20. The van der Waals surface area contributed by atoms with Gasteiger partial charge in [0.15, 0.2) is 0 Å². The van der Waals surface area contributed by atoms with Gasteiger partial charge in [0.25, 0.3) is 0 Å². The van der Waals surface area contributed by atoms with Crippen LogP contribution >= 0.6 is 0 Å². The maximum Gasteiger partial charge on any atom is 0.410 e. The van der Waals surface area contributed by atoms with Gasteiger partial charge in [-0.2, -0.15) is 0 Å². The number of nitrogens with zero attached hydrogens (tertiary/aromatic N) is 2. The van der Waals surface area contributed by atoms with Crippen LogP contribution in [0, 0.1) is 11.3 Å². The molecule has 6 nitrogen and oxygen atoms in total. The fourth-order valence-corrected chi connectivity index (χ4v) is 4.89. The molecule has 2 aliphatic heterocycles. The molecule has 2 saturated heterocycles. The molecule has 142 valence electrons. The molecule has 1 saturated carbocycles. The average molecular weight is 352 g/mol. The highest BCUT2D eigenvalue weighted by Gasteiger charge is 2.49.